The Labute approximate surface area is 130 Å². The van der Waals surface area contributed by atoms with E-state index in [0.29, 0.717) is 17.3 Å². The molecule has 0 aromatic carbocycles. The molecule has 0 saturated carbocycles. The second-order valence-corrected chi connectivity index (χ2v) is 7.04. The van der Waals surface area contributed by atoms with Crippen LogP contribution >= 0.6 is 0 Å². The van der Waals surface area contributed by atoms with Gasteiger partial charge in [-0.2, -0.15) is 10.1 Å². The molecule has 0 spiro atoms. The highest BCUT2D eigenvalue weighted by atomic mass is 16.5. The topological polar surface area (TPSA) is 85.8 Å². The molecule has 0 fully saturated rings. The second-order valence-electron chi connectivity index (χ2n) is 7.04. The average molecular weight is 305 g/mol. The first-order chi connectivity index (χ1) is 10.0. The number of carbonyl (C=O) groups excluding carboxylic acids is 1. The maximum atomic E-state index is 12.7. The number of hydrogen-bond acceptors (Lipinski definition) is 5. The second kappa shape index (κ2) is 5.23. The lowest BCUT2D eigenvalue weighted by Gasteiger charge is -2.23. The fourth-order valence-electron chi connectivity index (χ4n) is 2.16. The Morgan fingerprint density at radius 1 is 1.27 bits per heavy atom. The third-order valence-electron chi connectivity index (χ3n) is 3.27. The van der Waals surface area contributed by atoms with Gasteiger partial charge in [-0.25, -0.2) is 0 Å². The first-order valence-electron chi connectivity index (χ1n) is 7.18. The van der Waals surface area contributed by atoms with E-state index in [4.69, 9.17) is 4.52 Å². The van der Waals surface area contributed by atoms with Crippen molar-refractivity contribution in [1.82, 2.24) is 25.2 Å². The molecular formula is C15H23N5O2. The Morgan fingerprint density at radius 3 is 2.41 bits per heavy atom. The van der Waals surface area contributed by atoms with Crippen LogP contribution in [0.1, 0.15) is 62.4 Å². The van der Waals surface area contributed by atoms with Crippen LogP contribution in [0.25, 0.3) is 0 Å². The Hall–Kier alpha value is -2.18. The lowest BCUT2D eigenvalue weighted by Crippen LogP contribution is -2.42. The van der Waals surface area contributed by atoms with E-state index in [9.17, 15) is 4.79 Å². The van der Waals surface area contributed by atoms with Gasteiger partial charge < -0.3 is 9.84 Å². The Balaban J connectivity index is 2.30. The smallest absolute Gasteiger partial charge is 0.255 e. The van der Waals surface area contributed by atoms with Gasteiger partial charge in [-0.1, -0.05) is 25.9 Å². The molecule has 0 aliphatic rings. The van der Waals surface area contributed by atoms with Crippen molar-refractivity contribution in [3.05, 3.63) is 29.2 Å². The molecule has 0 saturated heterocycles. The van der Waals surface area contributed by atoms with Crippen molar-refractivity contribution in [2.45, 2.75) is 52.5 Å². The highest BCUT2D eigenvalue weighted by Crippen LogP contribution is 2.25. The van der Waals surface area contributed by atoms with E-state index in [1.54, 1.807) is 24.9 Å². The van der Waals surface area contributed by atoms with Gasteiger partial charge in [-0.15, -0.1) is 0 Å². The van der Waals surface area contributed by atoms with Crippen LogP contribution in [0.2, 0.25) is 0 Å². The van der Waals surface area contributed by atoms with Gasteiger partial charge >= 0.3 is 0 Å². The summed E-state index contributed by atoms with van der Waals surface area (Å²) >= 11 is 0. The first kappa shape index (κ1) is 16.2. The average Bonchev–Trinajstić information content (AvgIpc) is 2.94. The number of rotatable bonds is 3. The van der Waals surface area contributed by atoms with Gasteiger partial charge in [-0.3, -0.25) is 9.48 Å². The quantitative estimate of drug-likeness (QED) is 0.938. The minimum absolute atomic E-state index is 0.209. The molecule has 7 nitrogen and oxygen atoms in total. The van der Waals surface area contributed by atoms with Crippen molar-refractivity contribution in [3.8, 4) is 0 Å². The summed E-state index contributed by atoms with van der Waals surface area (Å²) < 4.78 is 6.82. The molecule has 2 rings (SSSR count). The Morgan fingerprint density at radius 2 is 1.91 bits per heavy atom. The fraction of sp³-hybridized carbons (Fsp3) is 0.600. The zero-order valence-corrected chi connectivity index (χ0v) is 14.2. The summed E-state index contributed by atoms with van der Waals surface area (Å²) in [5.41, 5.74) is 0.326. The third kappa shape index (κ3) is 3.18. The number of carbonyl (C=O) groups is 1. The summed E-state index contributed by atoms with van der Waals surface area (Å²) in [5.74, 6) is 0.701. The van der Waals surface area contributed by atoms with E-state index < -0.39 is 5.54 Å². The number of nitrogens with zero attached hydrogens (tertiary/aromatic N) is 4. The van der Waals surface area contributed by atoms with Crippen molar-refractivity contribution in [3.63, 3.8) is 0 Å². The zero-order chi connectivity index (χ0) is 16.7. The SMILES string of the molecule is Cc1noc(C(C)(C)NC(=O)c2cn(C)nc2C(C)(C)C)n1. The highest BCUT2D eigenvalue weighted by molar-refractivity contribution is 5.95. The monoisotopic (exact) mass is 305 g/mol. The molecule has 22 heavy (non-hydrogen) atoms. The molecule has 0 bridgehead atoms. The molecule has 0 aliphatic carbocycles. The number of aryl methyl sites for hydroxylation is 2. The van der Waals surface area contributed by atoms with E-state index in [1.165, 1.54) is 0 Å². The van der Waals surface area contributed by atoms with Gasteiger partial charge in [0.2, 0.25) is 0 Å². The molecule has 1 amide bonds. The molecule has 2 aromatic heterocycles. The fourth-order valence-corrected chi connectivity index (χ4v) is 2.16. The predicted molar refractivity (Wildman–Crippen MR) is 81.4 cm³/mol. The molecule has 2 heterocycles. The van der Waals surface area contributed by atoms with Crippen LogP contribution in [0.15, 0.2) is 10.7 Å². The van der Waals surface area contributed by atoms with Crippen LogP contribution < -0.4 is 5.32 Å². The molecule has 2 aromatic rings. The summed E-state index contributed by atoms with van der Waals surface area (Å²) in [6.45, 7) is 11.5. The van der Waals surface area contributed by atoms with Crippen molar-refractivity contribution in [1.29, 1.82) is 0 Å². The summed E-state index contributed by atoms with van der Waals surface area (Å²) in [4.78, 5) is 16.9. The summed E-state index contributed by atoms with van der Waals surface area (Å²) in [6, 6.07) is 0. The summed E-state index contributed by atoms with van der Waals surface area (Å²) in [6.07, 6.45) is 1.73. The van der Waals surface area contributed by atoms with Gasteiger partial charge in [-0.05, 0) is 20.8 Å². The largest absolute Gasteiger partial charge is 0.338 e. The summed E-state index contributed by atoms with van der Waals surface area (Å²) in [7, 11) is 1.80. The normalized spacial score (nSPS) is 12.5. The van der Waals surface area contributed by atoms with Crippen molar-refractivity contribution < 1.29 is 9.32 Å². The van der Waals surface area contributed by atoms with Crippen molar-refractivity contribution in [2.24, 2.45) is 7.05 Å². The first-order valence-corrected chi connectivity index (χ1v) is 7.18. The molecule has 120 valence electrons. The Bertz CT molecular complexity index is 691. The number of nitrogens with one attached hydrogen (secondary N) is 1. The minimum atomic E-state index is -0.761. The van der Waals surface area contributed by atoms with E-state index in [0.717, 1.165) is 5.69 Å². The van der Waals surface area contributed by atoms with Gasteiger partial charge in [0.1, 0.15) is 5.54 Å². The lowest BCUT2D eigenvalue weighted by atomic mass is 9.89. The standard InChI is InChI=1S/C15H23N5O2/c1-9-16-13(22-19-9)15(5,6)17-12(21)10-8-20(7)18-11(10)14(2,3)4/h8H,1-7H3,(H,17,21). The van der Waals surface area contributed by atoms with E-state index in [1.807, 2.05) is 34.6 Å². The van der Waals surface area contributed by atoms with Gasteiger partial charge in [0, 0.05) is 18.7 Å². The number of aromatic nitrogens is 4. The maximum absolute atomic E-state index is 12.7. The maximum Gasteiger partial charge on any atom is 0.255 e. The molecule has 1 N–H and O–H groups in total. The molecule has 0 unspecified atom stereocenters. The van der Waals surface area contributed by atoms with Crippen LogP contribution in [0.3, 0.4) is 0 Å². The van der Waals surface area contributed by atoms with E-state index in [-0.39, 0.29) is 11.3 Å². The van der Waals surface area contributed by atoms with Gasteiger partial charge in [0.05, 0.1) is 11.3 Å². The van der Waals surface area contributed by atoms with Gasteiger partial charge in [0.15, 0.2) is 5.82 Å². The van der Waals surface area contributed by atoms with Crippen LogP contribution in [0.5, 0.6) is 0 Å². The lowest BCUT2D eigenvalue weighted by molar-refractivity contribution is 0.0892. The molecule has 0 radical (unpaired) electrons. The van der Waals surface area contributed by atoms with E-state index >= 15 is 0 Å². The zero-order valence-electron chi connectivity index (χ0n) is 14.2. The molecule has 0 aliphatic heterocycles. The number of amides is 1. The van der Waals surface area contributed by atoms with Crippen LogP contribution in [0, 0.1) is 6.92 Å². The van der Waals surface area contributed by atoms with Crippen LogP contribution in [-0.4, -0.2) is 25.8 Å². The third-order valence-corrected chi connectivity index (χ3v) is 3.27. The van der Waals surface area contributed by atoms with Crippen LogP contribution in [0.4, 0.5) is 0 Å². The van der Waals surface area contributed by atoms with Crippen LogP contribution in [-0.2, 0) is 18.0 Å². The minimum Gasteiger partial charge on any atom is -0.338 e. The predicted octanol–water partition coefficient (Wildman–Crippen LogP) is 2.07. The highest BCUT2D eigenvalue weighted by Gasteiger charge is 2.32. The summed E-state index contributed by atoms with van der Waals surface area (Å²) in [5, 5.41) is 11.1. The number of hydrogen-bond donors (Lipinski definition) is 1. The van der Waals surface area contributed by atoms with Crippen molar-refractivity contribution in [2.75, 3.05) is 0 Å². The van der Waals surface area contributed by atoms with Crippen molar-refractivity contribution >= 4 is 5.91 Å². The molecular weight excluding hydrogens is 282 g/mol. The molecule has 0 atom stereocenters. The van der Waals surface area contributed by atoms with Gasteiger partial charge in [0.25, 0.3) is 11.8 Å². The Kier molecular flexibility index (Phi) is 3.85. The van der Waals surface area contributed by atoms with E-state index in [2.05, 4.69) is 20.6 Å². The molecule has 7 heteroatoms.